The zero-order chi connectivity index (χ0) is 18.3. The van der Waals surface area contributed by atoms with Gasteiger partial charge in [-0.1, -0.05) is 0 Å². The van der Waals surface area contributed by atoms with E-state index in [0.717, 1.165) is 0 Å². The van der Waals surface area contributed by atoms with Gasteiger partial charge in [0, 0.05) is 6.07 Å². The summed E-state index contributed by atoms with van der Waals surface area (Å²) in [6.07, 6.45) is -4.94. The summed E-state index contributed by atoms with van der Waals surface area (Å²) >= 11 is 0. The van der Waals surface area contributed by atoms with Crippen molar-refractivity contribution >= 4 is 17.1 Å². The number of rotatable bonds is 3. The minimum Gasteiger partial charge on any atom is -0.354 e. The first-order valence-electron chi connectivity index (χ1n) is 7.03. The van der Waals surface area contributed by atoms with Gasteiger partial charge in [-0.25, -0.2) is 0 Å². The van der Waals surface area contributed by atoms with Crippen LogP contribution < -0.4 is 4.90 Å². The third-order valence-corrected chi connectivity index (χ3v) is 4.05. The number of benzene rings is 1. The lowest BCUT2D eigenvalue weighted by Crippen LogP contribution is -2.55. The van der Waals surface area contributed by atoms with Crippen molar-refractivity contribution in [2.24, 2.45) is 0 Å². The highest BCUT2D eigenvalue weighted by molar-refractivity contribution is 5.72. The molecule has 1 aliphatic rings. The standard InChI is InChI=1S/C13H16F3N4O4/c1-20(2)5-3-17(4-6-20)12-10(13(14,15)16)7-9(18(21)22)8-11(12)19(23)24/h7-8H,3-6H2,1-2H3/q+1. The number of piperazine rings is 1. The molecule has 11 heteroatoms. The van der Waals surface area contributed by atoms with Crippen LogP contribution in [0.4, 0.5) is 30.2 Å². The highest BCUT2D eigenvalue weighted by Crippen LogP contribution is 2.44. The zero-order valence-corrected chi connectivity index (χ0v) is 13.0. The lowest BCUT2D eigenvalue weighted by atomic mass is 10.1. The summed E-state index contributed by atoms with van der Waals surface area (Å²) in [6, 6.07) is 0.941. The topological polar surface area (TPSA) is 89.5 Å². The Morgan fingerprint density at radius 2 is 1.62 bits per heavy atom. The monoisotopic (exact) mass is 349 g/mol. The van der Waals surface area contributed by atoms with E-state index >= 15 is 0 Å². The average Bonchev–Trinajstić information content (AvgIpc) is 2.45. The maximum Gasteiger partial charge on any atom is 0.418 e. The maximum atomic E-state index is 13.4. The van der Waals surface area contributed by atoms with E-state index in [4.69, 9.17) is 0 Å². The number of nitrogens with zero attached hydrogens (tertiary/aromatic N) is 4. The van der Waals surface area contributed by atoms with Crippen LogP contribution in [0.2, 0.25) is 0 Å². The number of hydrogen-bond donors (Lipinski definition) is 0. The molecule has 0 N–H and O–H groups in total. The number of likely N-dealkylation sites (N-methyl/N-ethyl adjacent to an activating group) is 1. The molecule has 2 rings (SSSR count). The van der Waals surface area contributed by atoms with Crippen LogP contribution in [0.5, 0.6) is 0 Å². The highest BCUT2D eigenvalue weighted by atomic mass is 19.4. The molecule has 0 amide bonds. The van der Waals surface area contributed by atoms with Crippen LogP contribution in [0, 0.1) is 20.2 Å². The van der Waals surface area contributed by atoms with E-state index in [2.05, 4.69) is 0 Å². The third kappa shape index (κ3) is 3.55. The van der Waals surface area contributed by atoms with E-state index in [1.807, 2.05) is 14.1 Å². The van der Waals surface area contributed by atoms with Crippen molar-refractivity contribution in [1.82, 2.24) is 0 Å². The molecule has 0 aromatic heterocycles. The van der Waals surface area contributed by atoms with Crippen molar-refractivity contribution in [2.45, 2.75) is 6.18 Å². The van der Waals surface area contributed by atoms with Crippen molar-refractivity contribution in [3.05, 3.63) is 37.9 Å². The molecule has 1 saturated heterocycles. The minimum atomic E-state index is -4.94. The third-order valence-electron chi connectivity index (χ3n) is 4.05. The molecule has 0 atom stereocenters. The Kier molecular flexibility index (Phi) is 4.40. The largest absolute Gasteiger partial charge is 0.418 e. The van der Waals surface area contributed by atoms with Crippen molar-refractivity contribution in [3.8, 4) is 0 Å². The Labute approximate surface area is 135 Å². The Bertz CT molecular complexity index is 681. The minimum absolute atomic E-state index is 0.189. The summed E-state index contributed by atoms with van der Waals surface area (Å²) in [7, 11) is 3.82. The molecule has 1 aromatic rings. The Morgan fingerprint density at radius 3 is 2.04 bits per heavy atom. The molecule has 1 fully saturated rings. The Hall–Kier alpha value is -2.43. The lowest BCUT2D eigenvalue weighted by Gasteiger charge is -2.40. The van der Waals surface area contributed by atoms with Crippen molar-refractivity contribution in [2.75, 3.05) is 45.2 Å². The van der Waals surface area contributed by atoms with E-state index in [0.29, 0.717) is 29.7 Å². The van der Waals surface area contributed by atoms with Gasteiger partial charge in [0.2, 0.25) is 0 Å². The molecule has 8 nitrogen and oxygen atoms in total. The highest BCUT2D eigenvalue weighted by Gasteiger charge is 2.42. The van der Waals surface area contributed by atoms with Gasteiger partial charge in [0.1, 0.15) is 5.69 Å². The number of anilines is 1. The molecule has 0 unspecified atom stereocenters. The second-order valence-electron chi connectivity index (χ2n) is 6.24. The maximum absolute atomic E-state index is 13.4. The van der Waals surface area contributed by atoms with Crippen molar-refractivity contribution < 1.29 is 27.5 Å². The number of non-ortho nitro benzene ring substituents is 1. The van der Waals surface area contributed by atoms with Gasteiger partial charge >= 0.3 is 6.18 Å². The molecule has 0 aliphatic carbocycles. The SMILES string of the molecule is C[N+]1(C)CCN(c2c([N+](=O)[O-])cc([N+](=O)[O-])cc2C(F)(F)F)CC1. The predicted octanol–water partition coefficient (Wildman–Crippen LogP) is 2.42. The normalized spacial score (nSPS) is 17.6. The van der Waals surface area contributed by atoms with Gasteiger partial charge in [-0.05, 0) is 0 Å². The summed E-state index contributed by atoms with van der Waals surface area (Å²) < 4.78 is 40.7. The van der Waals surface area contributed by atoms with Gasteiger partial charge in [0.15, 0.2) is 0 Å². The number of quaternary nitrogens is 1. The van der Waals surface area contributed by atoms with Crippen LogP contribution in [-0.4, -0.2) is 54.6 Å². The molecule has 0 bridgehead atoms. The first-order valence-corrected chi connectivity index (χ1v) is 7.03. The van der Waals surface area contributed by atoms with Crippen molar-refractivity contribution in [3.63, 3.8) is 0 Å². The summed E-state index contributed by atoms with van der Waals surface area (Å²) in [5, 5.41) is 22.1. The fraction of sp³-hybridized carbons (Fsp3) is 0.538. The molecule has 0 radical (unpaired) electrons. The smallest absolute Gasteiger partial charge is 0.354 e. The van der Waals surface area contributed by atoms with Gasteiger partial charge in [0.05, 0.1) is 61.8 Å². The first kappa shape index (κ1) is 17.9. The van der Waals surface area contributed by atoms with Crippen LogP contribution in [0.1, 0.15) is 5.56 Å². The molecule has 1 aliphatic heterocycles. The van der Waals surface area contributed by atoms with Gasteiger partial charge in [-0.3, -0.25) is 20.2 Å². The fourth-order valence-corrected chi connectivity index (χ4v) is 2.63. The number of nitro benzene ring substituents is 2. The molecule has 24 heavy (non-hydrogen) atoms. The average molecular weight is 349 g/mol. The fourth-order valence-electron chi connectivity index (χ4n) is 2.63. The number of nitro groups is 2. The molecular formula is C13H16F3N4O4+. The van der Waals surface area contributed by atoms with Gasteiger partial charge in [0.25, 0.3) is 11.4 Å². The molecule has 1 aromatic carbocycles. The van der Waals surface area contributed by atoms with Crippen LogP contribution in [0.25, 0.3) is 0 Å². The predicted molar refractivity (Wildman–Crippen MR) is 78.8 cm³/mol. The van der Waals surface area contributed by atoms with Crippen molar-refractivity contribution in [1.29, 1.82) is 0 Å². The molecule has 0 saturated carbocycles. The summed E-state index contributed by atoms with van der Waals surface area (Å²) in [5.74, 6) is 0. The van der Waals surface area contributed by atoms with Gasteiger partial charge in [-0.2, -0.15) is 13.2 Å². The van der Waals surface area contributed by atoms with E-state index < -0.39 is 38.6 Å². The lowest BCUT2D eigenvalue weighted by molar-refractivity contribution is -0.890. The quantitative estimate of drug-likeness (QED) is 0.475. The Morgan fingerprint density at radius 1 is 1.08 bits per heavy atom. The molecule has 132 valence electrons. The second-order valence-corrected chi connectivity index (χ2v) is 6.24. The second kappa shape index (κ2) is 5.89. The van der Waals surface area contributed by atoms with Crippen LogP contribution >= 0.6 is 0 Å². The molecule has 0 spiro atoms. The van der Waals surface area contributed by atoms with Gasteiger partial charge < -0.3 is 9.38 Å². The van der Waals surface area contributed by atoms with E-state index in [-0.39, 0.29) is 13.1 Å². The Balaban J connectivity index is 2.63. The number of halogens is 3. The number of alkyl halides is 3. The summed E-state index contributed by atoms with van der Waals surface area (Å²) in [4.78, 5) is 21.3. The number of hydrogen-bond acceptors (Lipinski definition) is 5. The van der Waals surface area contributed by atoms with Gasteiger partial charge in [-0.15, -0.1) is 0 Å². The first-order chi connectivity index (χ1) is 10.9. The van der Waals surface area contributed by atoms with Crippen LogP contribution in [0.3, 0.4) is 0 Å². The zero-order valence-electron chi connectivity index (χ0n) is 13.0. The van der Waals surface area contributed by atoms with E-state index in [9.17, 15) is 33.4 Å². The summed E-state index contributed by atoms with van der Waals surface area (Å²) in [5.41, 5.74) is -3.80. The van der Waals surface area contributed by atoms with Crippen LogP contribution in [-0.2, 0) is 6.18 Å². The summed E-state index contributed by atoms with van der Waals surface area (Å²) in [6.45, 7) is 1.39. The molecule has 1 heterocycles. The van der Waals surface area contributed by atoms with E-state index in [1.165, 1.54) is 4.90 Å². The van der Waals surface area contributed by atoms with Crippen LogP contribution in [0.15, 0.2) is 12.1 Å². The molecular weight excluding hydrogens is 333 g/mol. The van der Waals surface area contributed by atoms with E-state index in [1.54, 1.807) is 0 Å².